The normalized spacial score (nSPS) is 10.8. The van der Waals surface area contributed by atoms with Crippen molar-refractivity contribution in [2.75, 3.05) is 5.73 Å². The van der Waals surface area contributed by atoms with Crippen molar-refractivity contribution < 1.29 is 13.3 Å². The highest BCUT2D eigenvalue weighted by Gasteiger charge is 2.20. The van der Waals surface area contributed by atoms with Gasteiger partial charge in [-0.25, -0.2) is 8.78 Å². The van der Waals surface area contributed by atoms with Crippen LogP contribution in [-0.2, 0) is 0 Å². The lowest BCUT2D eigenvalue weighted by Crippen LogP contribution is -1.91. The molecular formula is C15H9BrF2N2O. The Morgan fingerprint density at radius 2 is 1.81 bits per heavy atom. The Balaban J connectivity index is 2.22. The monoisotopic (exact) mass is 350 g/mol. The largest absolute Gasteiger partial charge is 0.380 e. The highest BCUT2D eigenvalue weighted by atomic mass is 79.9. The minimum atomic E-state index is -0.435. The van der Waals surface area contributed by atoms with E-state index in [0.717, 1.165) is 0 Å². The Kier molecular flexibility index (Phi) is 3.47. The summed E-state index contributed by atoms with van der Waals surface area (Å²) in [6.07, 6.45) is 0. The molecule has 0 saturated carbocycles. The van der Waals surface area contributed by atoms with Gasteiger partial charge in [-0.15, -0.1) is 0 Å². The molecule has 0 bridgehead atoms. The summed E-state index contributed by atoms with van der Waals surface area (Å²) in [5, 5.41) is 3.69. The van der Waals surface area contributed by atoms with Crippen LogP contribution in [0.2, 0.25) is 0 Å². The summed E-state index contributed by atoms with van der Waals surface area (Å²) in [5.41, 5.74) is 6.97. The van der Waals surface area contributed by atoms with Gasteiger partial charge in [0.1, 0.15) is 11.6 Å². The molecule has 6 heteroatoms. The molecular weight excluding hydrogens is 342 g/mol. The third-order valence-electron chi connectivity index (χ3n) is 3.04. The summed E-state index contributed by atoms with van der Waals surface area (Å²) in [6.45, 7) is 0. The second-order valence-electron chi connectivity index (χ2n) is 4.38. The van der Waals surface area contributed by atoms with Crippen molar-refractivity contribution >= 4 is 21.7 Å². The summed E-state index contributed by atoms with van der Waals surface area (Å²) in [4.78, 5) is 0. The number of benzene rings is 2. The molecule has 2 aromatic carbocycles. The molecule has 0 amide bonds. The van der Waals surface area contributed by atoms with Crippen molar-refractivity contribution in [1.29, 1.82) is 0 Å². The van der Waals surface area contributed by atoms with Crippen LogP contribution < -0.4 is 5.73 Å². The quantitative estimate of drug-likeness (QED) is 0.732. The lowest BCUT2D eigenvalue weighted by molar-refractivity contribution is 0.436. The van der Waals surface area contributed by atoms with Gasteiger partial charge in [-0.05, 0) is 40.2 Å². The van der Waals surface area contributed by atoms with Gasteiger partial charge in [-0.3, -0.25) is 0 Å². The van der Waals surface area contributed by atoms with Gasteiger partial charge in [-0.2, -0.15) is 0 Å². The second-order valence-corrected chi connectivity index (χ2v) is 5.24. The molecule has 3 aromatic rings. The minimum absolute atomic E-state index is 0.0792. The average Bonchev–Trinajstić information content (AvgIpc) is 2.84. The number of nitrogens with zero attached hydrogens (tertiary/aromatic N) is 1. The fourth-order valence-electron chi connectivity index (χ4n) is 2.06. The van der Waals surface area contributed by atoms with E-state index >= 15 is 0 Å². The minimum Gasteiger partial charge on any atom is -0.380 e. The number of nitrogens with two attached hydrogens (primary N) is 1. The highest BCUT2D eigenvalue weighted by molar-refractivity contribution is 9.10. The maximum absolute atomic E-state index is 14.0. The summed E-state index contributed by atoms with van der Waals surface area (Å²) >= 11 is 3.10. The van der Waals surface area contributed by atoms with Crippen LogP contribution in [0.1, 0.15) is 0 Å². The topological polar surface area (TPSA) is 52.0 Å². The van der Waals surface area contributed by atoms with Crippen molar-refractivity contribution in [3.05, 3.63) is 58.6 Å². The van der Waals surface area contributed by atoms with Gasteiger partial charge in [0.15, 0.2) is 11.6 Å². The van der Waals surface area contributed by atoms with E-state index in [-0.39, 0.29) is 15.9 Å². The molecule has 0 fully saturated rings. The second kappa shape index (κ2) is 5.29. The third kappa shape index (κ3) is 2.42. The summed E-state index contributed by atoms with van der Waals surface area (Å²) in [7, 11) is 0. The van der Waals surface area contributed by atoms with Crippen molar-refractivity contribution in [2.24, 2.45) is 0 Å². The van der Waals surface area contributed by atoms with E-state index in [1.807, 2.05) is 0 Å². The maximum atomic E-state index is 14.0. The SMILES string of the molecule is Nc1noc(-c2ccc(F)c(Br)c2)c1-c1ccccc1F. The van der Waals surface area contributed by atoms with Crippen LogP contribution in [0.25, 0.3) is 22.5 Å². The number of halogens is 3. The first-order chi connectivity index (χ1) is 10.1. The van der Waals surface area contributed by atoms with Crippen LogP contribution in [-0.4, -0.2) is 5.16 Å². The van der Waals surface area contributed by atoms with Crippen LogP contribution in [0, 0.1) is 11.6 Å². The lowest BCUT2D eigenvalue weighted by Gasteiger charge is -2.05. The number of anilines is 1. The van der Waals surface area contributed by atoms with E-state index in [9.17, 15) is 8.78 Å². The standard InChI is InChI=1S/C15H9BrF2N2O/c16-10-7-8(5-6-12(10)18)14-13(15(19)20-21-14)9-3-1-2-4-11(9)17/h1-7H,(H2,19,20). The fraction of sp³-hybridized carbons (Fsp3) is 0. The van der Waals surface area contributed by atoms with Gasteiger partial charge in [0.25, 0.3) is 0 Å². The number of hydrogen-bond donors (Lipinski definition) is 1. The van der Waals surface area contributed by atoms with Crippen molar-refractivity contribution in [3.63, 3.8) is 0 Å². The van der Waals surface area contributed by atoms with Crippen LogP contribution >= 0.6 is 15.9 Å². The number of nitrogen functional groups attached to an aromatic ring is 1. The first kappa shape index (κ1) is 13.8. The maximum Gasteiger partial charge on any atom is 0.177 e. The first-order valence-corrected chi connectivity index (χ1v) is 6.82. The zero-order chi connectivity index (χ0) is 15.0. The highest BCUT2D eigenvalue weighted by Crippen LogP contribution is 2.38. The Morgan fingerprint density at radius 1 is 1.05 bits per heavy atom. The molecule has 3 nitrogen and oxygen atoms in total. The van der Waals surface area contributed by atoms with Crippen LogP contribution in [0.5, 0.6) is 0 Å². The Labute approximate surface area is 127 Å². The molecule has 21 heavy (non-hydrogen) atoms. The molecule has 0 aliphatic carbocycles. The van der Waals surface area contributed by atoms with Crippen LogP contribution in [0.15, 0.2) is 51.5 Å². The van der Waals surface area contributed by atoms with Crippen molar-refractivity contribution in [1.82, 2.24) is 5.16 Å². The van der Waals surface area contributed by atoms with Crippen molar-refractivity contribution in [2.45, 2.75) is 0 Å². The molecule has 0 aliphatic rings. The molecule has 0 spiro atoms. The molecule has 0 unspecified atom stereocenters. The zero-order valence-electron chi connectivity index (χ0n) is 10.6. The molecule has 106 valence electrons. The predicted octanol–water partition coefficient (Wildman–Crippen LogP) is 4.63. The predicted molar refractivity (Wildman–Crippen MR) is 79.4 cm³/mol. The van der Waals surface area contributed by atoms with Gasteiger partial charge in [0, 0.05) is 11.1 Å². The molecule has 1 heterocycles. The van der Waals surface area contributed by atoms with E-state index in [1.54, 1.807) is 18.2 Å². The number of hydrogen-bond acceptors (Lipinski definition) is 3. The van der Waals surface area contributed by atoms with E-state index in [1.165, 1.54) is 24.3 Å². The van der Waals surface area contributed by atoms with Crippen LogP contribution in [0.3, 0.4) is 0 Å². The molecule has 0 atom stereocenters. The number of rotatable bonds is 2. The molecule has 0 radical (unpaired) electrons. The smallest absolute Gasteiger partial charge is 0.177 e. The molecule has 0 aliphatic heterocycles. The Bertz CT molecular complexity index is 817. The third-order valence-corrected chi connectivity index (χ3v) is 3.65. The van der Waals surface area contributed by atoms with E-state index in [4.69, 9.17) is 10.3 Å². The molecule has 0 saturated heterocycles. The van der Waals surface area contributed by atoms with Gasteiger partial charge >= 0.3 is 0 Å². The Morgan fingerprint density at radius 3 is 2.52 bits per heavy atom. The number of aromatic nitrogens is 1. The molecule has 3 rings (SSSR count). The summed E-state index contributed by atoms with van der Waals surface area (Å²) < 4.78 is 32.8. The van der Waals surface area contributed by atoms with Crippen molar-refractivity contribution in [3.8, 4) is 22.5 Å². The summed E-state index contributed by atoms with van der Waals surface area (Å²) in [6, 6.07) is 10.5. The lowest BCUT2D eigenvalue weighted by atomic mass is 10.0. The van der Waals surface area contributed by atoms with E-state index < -0.39 is 11.6 Å². The molecule has 2 N–H and O–H groups in total. The summed E-state index contributed by atoms with van der Waals surface area (Å²) in [5.74, 6) is -0.470. The molecule has 1 aromatic heterocycles. The van der Waals surface area contributed by atoms with Crippen LogP contribution in [0.4, 0.5) is 14.6 Å². The van der Waals surface area contributed by atoms with Gasteiger partial charge in [0.05, 0.1) is 10.0 Å². The van der Waals surface area contributed by atoms with Gasteiger partial charge in [-0.1, -0.05) is 23.4 Å². The first-order valence-electron chi connectivity index (χ1n) is 6.03. The van der Waals surface area contributed by atoms with E-state index in [0.29, 0.717) is 16.9 Å². The fourth-order valence-corrected chi connectivity index (χ4v) is 2.44. The van der Waals surface area contributed by atoms with E-state index in [2.05, 4.69) is 21.1 Å². The van der Waals surface area contributed by atoms with Gasteiger partial charge < -0.3 is 10.3 Å². The average molecular weight is 351 g/mol. The Hall–Kier alpha value is -2.21. The zero-order valence-corrected chi connectivity index (χ0v) is 12.2. The van der Waals surface area contributed by atoms with Gasteiger partial charge in [0.2, 0.25) is 0 Å².